The highest BCUT2D eigenvalue weighted by Gasteiger charge is 2.20. The van der Waals surface area contributed by atoms with Crippen molar-refractivity contribution in [3.05, 3.63) is 111 Å². The van der Waals surface area contributed by atoms with Gasteiger partial charge in [-0.1, -0.05) is 66.7 Å². The van der Waals surface area contributed by atoms with Crippen molar-refractivity contribution in [1.82, 2.24) is 15.1 Å². The molecule has 0 bridgehead atoms. The van der Waals surface area contributed by atoms with E-state index in [0.717, 1.165) is 24.0 Å². The Balaban J connectivity index is 1.29. The quantitative estimate of drug-likeness (QED) is 0.385. The molecular formula is C30H29N3O4. The molecule has 4 aromatic rings. The summed E-state index contributed by atoms with van der Waals surface area (Å²) < 4.78 is 6.60. The van der Waals surface area contributed by atoms with E-state index in [1.54, 1.807) is 24.3 Å². The second-order valence-corrected chi connectivity index (χ2v) is 9.44. The molecule has 37 heavy (non-hydrogen) atoms. The Labute approximate surface area is 215 Å². The molecule has 0 saturated carbocycles. The van der Waals surface area contributed by atoms with E-state index in [-0.39, 0.29) is 23.8 Å². The van der Waals surface area contributed by atoms with Crippen molar-refractivity contribution >= 4 is 22.6 Å². The number of ether oxygens (including phenoxy) is 1. The lowest BCUT2D eigenvalue weighted by atomic mass is 9.89. The van der Waals surface area contributed by atoms with Gasteiger partial charge in [0, 0.05) is 5.39 Å². The highest BCUT2D eigenvalue weighted by Crippen LogP contribution is 2.24. The number of hydrogen-bond donors (Lipinski definition) is 1. The molecule has 0 radical (unpaired) electrons. The summed E-state index contributed by atoms with van der Waals surface area (Å²) >= 11 is 0. The smallest absolute Gasteiger partial charge is 0.359 e. The normalized spacial score (nSPS) is 13.5. The molecule has 188 valence electrons. The van der Waals surface area contributed by atoms with E-state index in [4.69, 9.17) is 4.74 Å². The van der Waals surface area contributed by atoms with Crippen molar-refractivity contribution in [2.75, 3.05) is 6.61 Å². The van der Waals surface area contributed by atoms with E-state index in [1.807, 2.05) is 43.3 Å². The molecule has 1 N–H and O–H groups in total. The molecule has 5 rings (SSSR count). The lowest BCUT2D eigenvalue weighted by Crippen LogP contribution is -2.32. The van der Waals surface area contributed by atoms with Crippen LogP contribution in [0.3, 0.4) is 0 Å². The monoisotopic (exact) mass is 495 g/mol. The van der Waals surface area contributed by atoms with E-state index in [0.29, 0.717) is 10.8 Å². The molecule has 7 nitrogen and oxygen atoms in total. The highest BCUT2D eigenvalue weighted by atomic mass is 16.5. The van der Waals surface area contributed by atoms with E-state index in [2.05, 4.69) is 22.5 Å². The van der Waals surface area contributed by atoms with Gasteiger partial charge in [0.2, 0.25) is 0 Å². The Hall–Kier alpha value is -4.26. The Morgan fingerprint density at radius 3 is 2.43 bits per heavy atom. The van der Waals surface area contributed by atoms with Crippen LogP contribution < -0.4 is 10.9 Å². The minimum absolute atomic E-state index is 0.00154. The molecule has 1 aromatic heterocycles. The molecule has 0 saturated heterocycles. The number of esters is 1. The fourth-order valence-corrected chi connectivity index (χ4v) is 4.84. The second-order valence-electron chi connectivity index (χ2n) is 9.44. The third-order valence-corrected chi connectivity index (χ3v) is 6.82. The van der Waals surface area contributed by atoms with Gasteiger partial charge in [-0.15, -0.1) is 0 Å². The Kier molecular flexibility index (Phi) is 7.12. The number of nitrogens with zero attached hydrogens (tertiary/aromatic N) is 2. The van der Waals surface area contributed by atoms with Gasteiger partial charge in [-0.05, 0) is 60.9 Å². The van der Waals surface area contributed by atoms with Crippen molar-refractivity contribution in [2.24, 2.45) is 0 Å². The number of carbonyl (C=O) groups excluding carboxylic acids is 2. The Morgan fingerprint density at radius 2 is 1.65 bits per heavy atom. The minimum atomic E-state index is -0.755. The number of aromatic nitrogens is 2. The fourth-order valence-electron chi connectivity index (χ4n) is 4.84. The van der Waals surface area contributed by atoms with Crippen molar-refractivity contribution < 1.29 is 14.3 Å². The van der Waals surface area contributed by atoms with E-state index < -0.39 is 18.5 Å². The van der Waals surface area contributed by atoms with Gasteiger partial charge in [-0.3, -0.25) is 9.59 Å². The maximum Gasteiger partial charge on any atom is 0.359 e. The lowest BCUT2D eigenvalue weighted by Gasteiger charge is -2.20. The number of nitrogens with one attached hydrogen (secondary N) is 1. The largest absolute Gasteiger partial charge is 0.451 e. The van der Waals surface area contributed by atoms with Crippen LogP contribution in [-0.2, 0) is 28.9 Å². The first-order valence-corrected chi connectivity index (χ1v) is 12.6. The molecule has 0 spiro atoms. The van der Waals surface area contributed by atoms with Gasteiger partial charge in [0.05, 0.1) is 18.0 Å². The number of amides is 1. The summed E-state index contributed by atoms with van der Waals surface area (Å²) in [6, 6.07) is 22.3. The molecule has 1 heterocycles. The Bertz CT molecular complexity index is 1510. The topological polar surface area (TPSA) is 90.3 Å². The summed E-state index contributed by atoms with van der Waals surface area (Å²) in [6.07, 6.45) is 4.58. The van der Waals surface area contributed by atoms with Crippen LogP contribution in [0.4, 0.5) is 0 Å². The van der Waals surface area contributed by atoms with Gasteiger partial charge < -0.3 is 10.1 Å². The summed E-state index contributed by atoms with van der Waals surface area (Å²) in [4.78, 5) is 38.6. The molecule has 0 fully saturated rings. The van der Waals surface area contributed by atoms with Crippen molar-refractivity contribution in [2.45, 2.75) is 45.2 Å². The predicted octanol–water partition coefficient (Wildman–Crippen LogP) is 4.36. The number of aryl methyl sites for hydroxylation is 2. The number of hydrogen-bond acceptors (Lipinski definition) is 5. The first-order chi connectivity index (χ1) is 18.0. The maximum absolute atomic E-state index is 13.0. The third-order valence-electron chi connectivity index (χ3n) is 6.82. The van der Waals surface area contributed by atoms with E-state index in [1.165, 1.54) is 28.7 Å². The van der Waals surface area contributed by atoms with Crippen LogP contribution in [-0.4, -0.2) is 28.3 Å². The number of fused-ring (bicyclic) bond motifs is 2. The summed E-state index contributed by atoms with van der Waals surface area (Å²) in [5, 5.41) is 7.99. The van der Waals surface area contributed by atoms with E-state index >= 15 is 0 Å². The molecule has 1 amide bonds. The SMILES string of the molecule is CC(NC(=O)COC(=O)c1nn(Cc2ccccc2)c(=O)c2ccccc12)c1ccc2c(c1)CCCC2. The van der Waals surface area contributed by atoms with Crippen molar-refractivity contribution in [1.29, 1.82) is 0 Å². The van der Waals surface area contributed by atoms with Crippen LogP contribution in [0.2, 0.25) is 0 Å². The number of benzene rings is 3. The van der Waals surface area contributed by atoms with Crippen molar-refractivity contribution in [3.63, 3.8) is 0 Å². The van der Waals surface area contributed by atoms with Gasteiger partial charge >= 0.3 is 5.97 Å². The summed E-state index contributed by atoms with van der Waals surface area (Å²) in [5.74, 6) is -1.16. The standard InChI is InChI=1S/C30H29N3O4/c1-20(23-16-15-22-11-5-6-12-24(22)17-23)31-27(34)19-37-30(36)28-25-13-7-8-14-26(25)29(35)33(32-28)18-21-9-3-2-4-10-21/h2-4,7-10,13-17,20H,5-6,11-12,18-19H2,1H3,(H,31,34). The van der Waals surface area contributed by atoms with Crippen LogP contribution in [0.5, 0.6) is 0 Å². The highest BCUT2D eigenvalue weighted by molar-refractivity contribution is 6.02. The van der Waals surface area contributed by atoms with Crippen molar-refractivity contribution in [3.8, 4) is 0 Å². The average molecular weight is 496 g/mol. The van der Waals surface area contributed by atoms with E-state index in [9.17, 15) is 14.4 Å². The van der Waals surface area contributed by atoms with Crippen LogP contribution >= 0.6 is 0 Å². The zero-order chi connectivity index (χ0) is 25.8. The molecule has 1 aliphatic rings. The zero-order valence-electron chi connectivity index (χ0n) is 20.8. The average Bonchev–Trinajstić information content (AvgIpc) is 2.93. The maximum atomic E-state index is 13.0. The number of carbonyl (C=O) groups is 2. The van der Waals surface area contributed by atoms with Gasteiger partial charge in [0.1, 0.15) is 0 Å². The first-order valence-electron chi connectivity index (χ1n) is 12.6. The molecule has 1 aliphatic carbocycles. The second kappa shape index (κ2) is 10.8. The zero-order valence-corrected chi connectivity index (χ0v) is 20.8. The minimum Gasteiger partial charge on any atom is -0.451 e. The van der Waals surface area contributed by atoms with Crippen LogP contribution in [0, 0.1) is 0 Å². The Morgan fingerprint density at radius 1 is 0.946 bits per heavy atom. The van der Waals surface area contributed by atoms with Gasteiger partial charge in [-0.25, -0.2) is 9.48 Å². The summed E-state index contributed by atoms with van der Waals surface area (Å²) in [7, 11) is 0. The summed E-state index contributed by atoms with van der Waals surface area (Å²) in [5.41, 5.74) is 4.34. The third kappa shape index (κ3) is 5.45. The first kappa shape index (κ1) is 24.4. The molecular weight excluding hydrogens is 466 g/mol. The summed E-state index contributed by atoms with van der Waals surface area (Å²) in [6.45, 7) is 1.68. The number of rotatable bonds is 7. The molecule has 1 atom stereocenters. The molecule has 1 unspecified atom stereocenters. The van der Waals surface area contributed by atoms with Crippen LogP contribution in [0.15, 0.2) is 77.6 Å². The lowest BCUT2D eigenvalue weighted by molar-refractivity contribution is -0.124. The van der Waals surface area contributed by atoms with Gasteiger partial charge in [0.15, 0.2) is 12.3 Å². The fraction of sp³-hybridized carbons (Fsp3) is 0.267. The van der Waals surface area contributed by atoms with Gasteiger partial charge in [-0.2, -0.15) is 5.10 Å². The molecule has 7 heteroatoms. The molecule has 3 aromatic carbocycles. The molecule has 0 aliphatic heterocycles. The van der Waals surface area contributed by atoms with Crippen LogP contribution in [0.25, 0.3) is 10.8 Å². The predicted molar refractivity (Wildman–Crippen MR) is 141 cm³/mol. The van der Waals surface area contributed by atoms with Gasteiger partial charge in [0.25, 0.3) is 11.5 Å². The van der Waals surface area contributed by atoms with Crippen LogP contribution in [0.1, 0.15) is 58.5 Å².